The molecule has 5 nitrogen and oxygen atoms in total. The second kappa shape index (κ2) is 4.83. The molecule has 0 saturated heterocycles. The number of rotatable bonds is 2. The van der Waals surface area contributed by atoms with Crippen molar-refractivity contribution in [1.29, 1.82) is 0 Å². The number of nitrogens with zero attached hydrogens (tertiary/aromatic N) is 2. The summed E-state index contributed by atoms with van der Waals surface area (Å²) in [5.74, 6) is 2.32. The predicted molar refractivity (Wildman–Crippen MR) is 73.8 cm³/mol. The van der Waals surface area contributed by atoms with Gasteiger partial charge >= 0.3 is 0 Å². The molecule has 0 bridgehead atoms. The van der Waals surface area contributed by atoms with Crippen LogP contribution >= 0.6 is 0 Å². The molecule has 3 rings (SSSR count). The second-order valence-corrected chi connectivity index (χ2v) is 4.52. The van der Waals surface area contributed by atoms with Crippen LogP contribution in [0, 0.1) is 12.3 Å². The first-order chi connectivity index (χ1) is 9.70. The van der Waals surface area contributed by atoms with Crippen LogP contribution in [0.1, 0.15) is 21.9 Å². The molecular weight excluding hydrogens is 254 g/mol. The molecule has 2 aromatic rings. The van der Waals surface area contributed by atoms with Crippen LogP contribution in [-0.4, -0.2) is 22.1 Å². The molecule has 1 aromatic carbocycles. The number of fused-ring (bicyclic) bond motifs is 1. The van der Waals surface area contributed by atoms with Crippen molar-refractivity contribution in [2.24, 2.45) is 5.73 Å². The zero-order valence-corrected chi connectivity index (χ0v) is 10.8. The Labute approximate surface area is 116 Å². The number of ether oxygens (including phenoxy) is 1. The quantitative estimate of drug-likeness (QED) is 0.830. The summed E-state index contributed by atoms with van der Waals surface area (Å²) < 4.78 is 7.28. The molecule has 2 N–H and O–H groups in total. The van der Waals surface area contributed by atoms with Crippen LogP contribution in [0.5, 0.6) is 0 Å². The van der Waals surface area contributed by atoms with Gasteiger partial charge in [0.15, 0.2) is 5.82 Å². The van der Waals surface area contributed by atoms with Crippen LogP contribution in [0.25, 0.3) is 11.3 Å². The van der Waals surface area contributed by atoms with Crippen LogP contribution in [0.15, 0.2) is 24.3 Å². The van der Waals surface area contributed by atoms with E-state index in [9.17, 15) is 4.79 Å². The number of benzene rings is 1. The second-order valence-electron chi connectivity index (χ2n) is 4.52. The van der Waals surface area contributed by atoms with Crippen molar-refractivity contribution in [2.75, 3.05) is 6.61 Å². The number of terminal acetylenes is 1. The fourth-order valence-corrected chi connectivity index (χ4v) is 2.37. The SMILES string of the molecule is C#Cc1cccc(-c2nc(C(N)=O)n3c2COCC3)c1. The summed E-state index contributed by atoms with van der Waals surface area (Å²) >= 11 is 0. The number of hydrogen-bond donors (Lipinski definition) is 1. The number of nitrogens with two attached hydrogens (primary N) is 1. The minimum Gasteiger partial charge on any atom is -0.373 e. The van der Waals surface area contributed by atoms with E-state index in [1.807, 2.05) is 28.8 Å². The van der Waals surface area contributed by atoms with Gasteiger partial charge in [-0.25, -0.2) is 4.98 Å². The van der Waals surface area contributed by atoms with Crippen molar-refractivity contribution in [3.05, 3.63) is 41.3 Å². The largest absolute Gasteiger partial charge is 0.373 e. The first-order valence-electron chi connectivity index (χ1n) is 6.24. The van der Waals surface area contributed by atoms with Crippen molar-refractivity contribution in [3.63, 3.8) is 0 Å². The summed E-state index contributed by atoms with van der Waals surface area (Å²) in [6.07, 6.45) is 5.41. The Balaban J connectivity index is 2.18. The van der Waals surface area contributed by atoms with Gasteiger partial charge in [0.05, 0.1) is 24.6 Å². The maximum absolute atomic E-state index is 11.5. The monoisotopic (exact) mass is 267 g/mol. The zero-order chi connectivity index (χ0) is 14.1. The van der Waals surface area contributed by atoms with Gasteiger partial charge in [-0.05, 0) is 12.1 Å². The Morgan fingerprint density at radius 1 is 1.50 bits per heavy atom. The predicted octanol–water partition coefficient (Wildman–Crippen LogP) is 1.16. The lowest BCUT2D eigenvalue weighted by Gasteiger charge is -2.17. The van der Waals surface area contributed by atoms with Crippen LogP contribution in [0.2, 0.25) is 0 Å². The van der Waals surface area contributed by atoms with E-state index in [-0.39, 0.29) is 5.82 Å². The van der Waals surface area contributed by atoms with E-state index >= 15 is 0 Å². The van der Waals surface area contributed by atoms with Gasteiger partial charge in [-0.2, -0.15) is 0 Å². The van der Waals surface area contributed by atoms with E-state index in [2.05, 4.69) is 10.9 Å². The lowest BCUT2D eigenvalue weighted by molar-refractivity contribution is 0.0817. The van der Waals surface area contributed by atoms with Crippen molar-refractivity contribution in [2.45, 2.75) is 13.2 Å². The molecule has 0 saturated carbocycles. The van der Waals surface area contributed by atoms with Crippen molar-refractivity contribution in [1.82, 2.24) is 9.55 Å². The summed E-state index contributed by atoms with van der Waals surface area (Å²) in [6.45, 7) is 1.54. The smallest absolute Gasteiger partial charge is 0.284 e. The molecule has 0 atom stereocenters. The summed E-state index contributed by atoms with van der Waals surface area (Å²) in [6, 6.07) is 7.48. The molecule has 2 heterocycles. The number of amides is 1. The van der Waals surface area contributed by atoms with Gasteiger partial charge in [0.1, 0.15) is 0 Å². The van der Waals surface area contributed by atoms with E-state index in [0.717, 1.165) is 16.8 Å². The number of hydrogen-bond acceptors (Lipinski definition) is 3. The number of aromatic nitrogens is 2. The Kier molecular flexibility index (Phi) is 3.01. The highest BCUT2D eigenvalue weighted by molar-refractivity contribution is 5.90. The van der Waals surface area contributed by atoms with Gasteiger partial charge < -0.3 is 15.0 Å². The maximum atomic E-state index is 11.5. The molecule has 0 fully saturated rings. The summed E-state index contributed by atoms with van der Waals surface area (Å²) in [7, 11) is 0. The fourth-order valence-electron chi connectivity index (χ4n) is 2.37. The average molecular weight is 267 g/mol. The summed E-state index contributed by atoms with van der Waals surface area (Å²) in [5, 5.41) is 0. The van der Waals surface area contributed by atoms with Gasteiger partial charge in [-0.3, -0.25) is 4.79 Å². The Morgan fingerprint density at radius 2 is 2.35 bits per heavy atom. The lowest BCUT2D eigenvalue weighted by atomic mass is 10.1. The highest BCUT2D eigenvalue weighted by Gasteiger charge is 2.23. The van der Waals surface area contributed by atoms with Crippen LogP contribution < -0.4 is 5.73 Å². The van der Waals surface area contributed by atoms with Gasteiger partial charge in [0.25, 0.3) is 5.91 Å². The molecule has 0 aliphatic carbocycles. The Morgan fingerprint density at radius 3 is 3.10 bits per heavy atom. The highest BCUT2D eigenvalue weighted by Crippen LogP contribution is 2.27. The minimum atomic E-state index is -0.535. The molecule has 0 unspecified atom stereocenters. The molecule has 1 aliphatic rings. The minimum absolute atomic E-state index is 0.268. The van der Waals surface area contributed by atoms with Gasteiger partial charge in [-0.1, -0.05) is 18.1 Å². The van der Waals surface area contributed by atoms with Crippen molar-refractivity contribution < 1.29 is 9.53 Å². The van der Waals surface area contributed by atoms with Crippen LogP contribution in [0.4, 0.5) is 0 Å². The van der Waals surface area contributed by atoms with E-state index < -0.39 is 5.91 Å². The molecule has 0 spiro atoms. The van der Waals surface area contributed by atoms with Crippen molar-refractivity contribution >= 4 is 5.91 Å². The topological polar surface area (TPSA) is 70.1 Å². The first-order valence-corrected chi connectivity index (χ1v) is 6.24. The van der Waals surface area contributed by atoms with E-state index in [4.69, 9.17) is 16.9 Å². The number of carbonyl (C=O) groups is 1. The third kappa shape index (κ3) is 1.96. The van der Waals surface area contributed by atoms with Gasteiger partial charge in [-0.15, -0.1) is 6.42 Å². The van der Waals surface area contributed by atoms with Crippen LogP contribution in [0.3, 0.4) is 0 Å². The molecule has 20 heavy (non-hydrogen) atoms. The first kappa shape index (κ1) is 12.5. The van der Waals surface area contributed by atoms with Crippen molar-refractivity contribution in [3.8, 4) is 23.6 Å². The Bertz CT molecular complexity index is 725. The third-order valence-corrected chi connectivity index (χ3v) is 3.29. The highest BCUT2D eigenvalue weighted by atomic mass is 16.5. The van der Waals surface area contributed by atoms with E-state index in [1.54, 1.807) is 0 Å². The Hall–Kier alpha value is -2.58. The zero-order valence-electron chi connectivity index (χ0n) is 10.8. The third-order valence-electron chi connectivity index (χ3n) is 3.29. The summed E-state index contributed by atoms with van der Waals surface area (Å²) in [5.41, 5.74) is 8.58. The molecule has 1 aliphatic heterocycles. The number of imidazole rings is 1. The normalized spacial score (nSPS) is 13.6. The molecule has 1 amide bonds. The molecular formula is C15H13N3O2. The molecule has 5 heteroatoms. The average Bonchev–Trinajstić information content (AvgIpc) is 2.87. The molecule has 1 aromatic heterocycles. The maximum Gasteiger partial charge on any atom is 0.284 e. The van der Waals surface area contributed by atoms with Gasteiger partial charge in [0.2, 0.25) is 0 Å². The van der Waals surface area contributed by atoms with Gasteiger partial charge in [0, 0.05) is 17.7 Å². The summed E-state index contributed by atoms with van der Waals surface area (Å²) in [4.78, 5) is 15.9. The van der Waals surface area contributed by atoms with Crippen LogP contribution in [-0.2, 0) is 17.9 Å². The molecule has 0 radical (unpaired) electrons. The fraction of sp³-hybridized carbons (Fsp3) is 0.200. The van der Waals surface area contributed by atoms with E-state index in [0.29, 0.717) is 25.5 Å². The standard InChI is InChI=1S/C15H13N3O2/c1-2-10-4-3-5-11(8-10)13-12-9-20-7-6-18(12)15(17-13)14(16)19/h1,3-5,8H,6-7,9H2,(H2,16,19). The number of primary amides is 1. The number of carbonyl (C=O) groups excluding carboxylic acids is 1. The molecule has 100 valence electrons. The van der Waals surface area contributed by atoms with E-state index in [1.165, 1.54) is 0 Å². The lowest BCUT2D eigenvalue weighted by Crippen LogP contribution is -2.23.